The Morgan fingerprint density at radius 2 is 2.33 bits per heavy atom. The van der Waals surface area contributed by atoms with Gasteiger partial charge in [0.2, 0.25) is 0 Å². The predicted octanol–water partition coefficient (Wildman–Crippen LogP) is 4.21. The lowest BCUT2D eigenvalue weighted by Gasteiger charge is -2.09. The van der Waals surface area contributed by atoms with Gasteiger partial charge in [-0.2, -0.15) is 0 Å². The van der Waals surface area contributed by atoms with Crippen molar-refractivity contribution in [3.05, 3.63) is 28.8 Å². The third kappa shape index (κ3) is 2.72. The smallest absolute Gasteiger partial charge is 0.126 e. The van der Waals surface area contributed by atoms with Crippen molar-refractivity contribution in [1.82, 2.24) is 0 Å². The van der Waals surface area contributed by atoms with Gasteiger partial charge in [-0.25, -0.2) is 0 Å². The molecular weight excluding hydrogens is 292 g/mol. The van der Waals surface area contributed by atoms with E-state index in [4.69, 9.17) is 9.47 Å². The molecule has 1 aliphatic rings. The minimum absolute atomic E-state index is 0.269. The molecule has 0 aromatic heterocycles. The molecule has 1 atom stereocenters. The zero-order valence-corrected chi connectivity index (χ0v) is 12.7. The first-order chi connectivity index (χ1) is 8.67. The van der Waals surface area contributed by atoms with Gasteiger partial charge in [0.25, 0.3) is 0 Å². The van der Waals surface area contributed by atoms with Crippen molar-refractivity contribution in [2.45, 2.75) is 32.8 Å². The van der Waals surface area contributed by atoms with Crippen LogP contribution >= 0.6 is 15.9 Å². The van der Waals surface area contributed by atoms with Crippen LogP contribution in [0.3, 0.4) is 0 Å². The quantitative estimate of drug-likeness (QED) is 0.776. The predicted molar refractivity (Wildman–Crippen MR) is 78.9 cm³/mol. The summed E-state index contributed by atoms with van der Waals surface area (Å²) in [7, 11) is 1.72. The number of ether oxygens (including phenoxy) is 2. The fourth-order valence-electron chi connectivity index (χ4n) is 2.20. The van der Waals surface area contributed by atoms with E-state index in [1.165, 1.54) is 11.1 Å². The Morgan fingerprint density at radius 1 is 1.56 bits per heavy atom. The van der Waals surface area contributed by atoms with Crippen LogP contribution in [0.2, 0.25) is 0 Å². The van der Waals surface area contributed by atoms with Crippen LogP contribution in [0.4, 0.5) is 0 Å². The van der Waals surface area contributed by atoms with E-state index in [1.807, 2.05) is 0 Å². The zero-order valence-electron chi connectivity index (χ0n) is 11.1. The van der Waals surface area contributed by atoms with Crippen molar-refractivity contribution in [2.75, 3.05) is 12.4 Å². The molecule has 0 spiro atoms. The van der Waals surface area contributed by atoms with Crippen LogP contribution in [-0.4, -0.2) is 18.5 Å². The highest BCUT2D eigenvalue weighted by molar-refractivity contribution is 9.09. The second-order valence-electron chi connectivity index (χ2n) is 4.62. The molecule has 98 valence electrons. The molecule has 0 saturated heterocycles. The van der Waals surface area contributed by atoms with Gasteiger partial charge in [-0.3, -0.25) is 0 Å². The summed E-state index contributed by atoms with van der Waals surface area (Å²) in [6.45, 7) is 4.25. The van der Waals surface area contributed by atoms with Gasteiger partial charge in [0.15, 0.2) is 0 Å². The Labute approximate surface area is 117 Å². The molecular formula is C15H19BrO2. The van der Waals surface area contributed by atoms with Crippen LogP contribution in [0.15, 0.2) is 17.7 Å². The summed E-state index contributed by atoms with van der Waals surface area (Å²) in [6.07, 6.45) is 4.45. The number of benzene rings is 1. The Kier molecular flexibility index (Phi) is 4.33. The van der Waals surface area contributed by atoms with E-state index in [9.17, 15) is 0 Å². The lowest BCUT2D eigenvalue weighted by atomic mass is 10.0. The number of rotatable bonds is 4. The van der Waals surface area contributed by atoms with E-state index in [0.717, 1.165) is 35.2 Å². The summed E-state index contributed by atoms with van der Waals surface area (Å²) >= 11 is 3.51. The average molecular weight is 311 g/mol. The van der Waals surface area contributed by atoms with Crippen molar-refractivity contribution in [1.29, 1.82) is 0 Å². The molecule has 0 N–H and O–H groups in total. The molecule has 1 heterocycles. The lowest BCUT2D eigenvalue weighted by molar-refractivity contribution is 0.254. The van der Waals surface area contributed by atoms with Gasteiger partial charge in [0.1, 0.15) is 17.6 Å². The molecule has 0 saturated carbocycles. The Balaban J connectivity index is 2.41. The topological polar surface area (TPSA) is 18.5 Å². The van der Waals surface area contributed by atoms with E-state index < -0.39 is 0 Å². The summed E-state index contributed by atoms with van der Waals surface area (Å²) < 4.78 is 11.3. The van der Waals surface area contributed by atoms with Crippen molar-refractivity contribution in [2.24, 2.45) is 0 Å². The number of methoxy groups -OCH3 is 1. The lowest BCUT2D eigenvalue weighted by Crippen LogP contribution is -2.05. The molecule has 0 fully saturated rings. The minimum Gasteiger partial charge on any atom is -0.496 e. The van der Waals surface area contributed by atoms with E-state index in [-0.39, 0.29) is 6.10 Å². The molecule has 1 unspecified atom stereocenters. The molecule has 1 aromatic rings. The third-order valence-corrected chi connectivity index (χ3v) is 3.95. The van der Waals surface area contributed by atoms with E-state index in [0.29, 0.717) is 0 Å². The third-order valence-electron chi connectivity index (χ3n) is 3.23. The standard InChI is InChI=1S/C15H19BrO2/c1-4-11(9-16)6-13-8-15-12(5-10(2)18-15)7-14(13)17-3/h6-8,10H,4-5,9H2,1-3H3/b11-6-. The molecule has 0 aliphatic carbocycles. The van der Waals surface area contributed by atoms with E-state index >= 15 is 0 Å². The van der Waals surface area contributed by atoms with Crippen LogP contribution < -0.4 is 9.47 Å². The molecule has 2 nitrogen and oxygen atoms in total. The van der Waals surface area contributed by atoms with Crippen LogP contribution in [0, 0.1) is 0 Å². The second kappa shape index (κ2) is 5.79. The summed E-state index contributed by atoms with van der Waals surface area (Å²) in [5.41, 5.74) is 3.69. The number of allylic oxidation sites excluding steroid dienone is 1. The van der Waals surface area contributed by atoms with E-state index in [1.54, 1.807) is 7.11 Å². The Bertz CT molecular complexity index is 460. The number of hydrogen-bond acceptors (Lipinski definition) is 2. The van der Waals surface area contributed by atoms with Crippen LogP contribution in [0.5, 0.6) is 11.5 Å². The molecule has 0 radical (unpaired) electrons. The minimum atomic E-state index is 0.269. The first-order valence-corrected chi connectivity index (χ1v) is 7.43. The molecule has 0 amide bonds. The molecule has 2 rings (SSSR count). The largest absolute Gasteiger partial charge is 0.496 e. The van der Waals surface area contributed by atoms with Crippen molar-refractivity contribution in [3.8, 4) is 11.5 Å². The van der Waals surface area contributed by atoms with Gasteiger partial charge in [-0.1, -0.05) is 34.5 Å². The maximum absolute atomic E-state index is 5.80. The molecule has 18 heavy (non-hydrogen) atoms. The maximum Gasteiger partial charge on any atom is 0.126 e. The number of halogens is 1. The molecule has 0 bridgehead atoms. The molecule has 1 aliphatic heterocycles. The summed E-state index contributed by atoms with van der Waals surface area (Å²) in [5.74, 6) is 1.93. The van der Waals surface area contributed by atoms with Gasteiger partial charge in [-0.15, -0.1) is 0 Å². The summed E-state index contributed by atoms with van der Waals surface area (Å²) in [6, 6.07) is 4.20. The van der Waals surface area contributed by atoms with Gasteiger partial charge in [-0.05, 0) is 25.5 Å². The van der Waals surface area contributed by atoms with Crippen LogP contribution in [-0.2, 0) is 6.42 Å². The van der Waals surface area contributed by atoms with Gasteiger partial charge < -0.3 is 9.47 Å². The van der Waals surface area contributed by atoms with Gasteiger partial charge >= 0.3 is 0 Å². The summed E-state index contributed by atoms with van der Waals surface area (Å²) in [5, 5.41) is 0.890. The highest BCUT2D eigenvalue weighted by Gasteiger charge is 2.21. The maximum atomic E-state index is 5.80. The normalized spacial score (nSPS) is 18.4. The van der Waals surface area contributed by atoms with E-state index in [2.05, 4.69) is 48.0 Å². The second-order valence-corrected chi connectivity index (χ2v) is 5.18. The molecule has 1 aromatic carbocycles. The number of fused-ring (bicyclic) bond motifs is 1. The van der Waals surface area contributed by atoms with Crippen molar-refractivity contribution >= 4 is 22.0 Å². The fraction of sp³-hybridized carbons (Fsp3) is 0.467. The Hall–Kier alpha value is -0.960. The van der Waals surface area contributed by atoms with Crippen molar-refractivity contribution < 1.29 is 9.47 Å². The van der Waals surface area contributed by atoms with Gasteiger partial charge in [0, 0.05) is 22.9 Å². The summed E-state index contributed by atoms with van der Waals surface area (Å²) in [4.78, 5) is 0. The molecule has 3 heteroatoms. The van der Waals surface area contributed by atoms with Crippen LogP contribution in [0.25, 0.3) is 6.08 Å². The SMILES string of the molecule is CC/C(=C/c1cc2c(cc1OC)CC(C)O2)CBr. The van der Waals surface area contributed by atoms with Crippen LogP contribution in [0.1, 0.15) is 31.4 Å². The van der Waals surface area contributed by atoms with Gasteiger partial charge in [0.05, 0.1) is 7.11 Å². The Morgan fingerprint density at radius 3 is 2.94 bits per heavy atom. The zero-order chi connectivity index (χ0) is 13.1. The average Bonchev–Trinajstić information content (AvgIpc) is 2.73. The fourth-order valence-corrected chi connectivity index (χ4v) is 2.76. The number of alkyl halides is 1. The monoisotopic (exact) mass is 310 g/mol. The van der Waals surface area contributed by atoms with Crippen molar-refractivity contribution in [3.63, 3.8) is 0 Å². The highest BCUT2D eigenvalue weighted by Crippen LogP contribution is 2.36. The highest BCUT2D eigenvalue weighted by atomic mass is 79.9. The number of hydrogen-bond donors (Lipinski definition) is 0. The first kappa shape index (κ1) is 13.5. The first-order valence-electron chi connectivity index (χ1n) is 6.30.